The molecule has 0 aliphatic carbocycles. The normalized spacial score (nSPS) is 11.3. The Morgan fingerprint density at radius 1 is 1.40 bits per heavy atom. The molecule has 84 valence electrons. The molecule has 1 rings (SSSR count). The van der Waals surface area contributed by atoms with Crippen LogP contribution in [0.2, 0.25) is 0 Å². The molecule has 1 aromatic rings. The Morgan fingerprint density at radius 2 is 2.07 bits per heavy atom. The van der Waals surface area contributed by atoms with Crippen LogP contribution in [0.15, 0.2) is 23.1 Å². The van der Waals surface area contributed by atoms with E-state index in [2.05, 4.69) is 0 Å². The maximum atomic E-state index is 11.8. The molecule has 4 nitrogen and oxygen atoms in total. The molecule has 0 saturated carbocycles. The largest absolute Gasteiger partial charge is 0.497 e. The third kappa shape index (κ3) is 2.62. The zero-order valence-corrected chi connectivity index (χ0v) is 9.67. The minimum Gasteiger partial charge on any atom is -0.497 e. The first-order chi connectivity index (χ1) is 7.01. The molecule has 0 amide bonds. The summed E-state index contributed by atoms with van der Waals surface area (Å²) < 4.78 is 28.5. The summed E-state index contributed by atoms with van der Waals surface area (Å²) in [4.78, 5) is 0.156. The first-order valence-electron chi connectivity index (χ1n) is 4.67. The van der Waals surface area contributed by atoms with Gasteiger partial charge in [-0.3, -0.25) is 0 Å². The number of hydrogen-bond acceptors (Lipinski definition) is 4. The van der Waals surface area contributed by atoms with E-state index < -0.39 is 9.84 Å². The first kappa shape index (κ1) is 11.8. The summed E-state index contributed by atoms with van der Waals surface area (Å²) in [6.45, 7) is 1.81. The van der Waals surface area contributed by atoms with Gasteiger partial charge >= 0.3 is 0 Å². The lowest BCUT2D eigenvalue weighted by molar-refractivity contribution is 0.413. The second-order valence-electron chi connectivity index (χ2n) is 3.22. The van der Waals surface area contributed by atoms with Crippen molar-refractivity contribution >= 4 is 15.5 Å². The molecule has 0 aromatic heterocycles. The molecule has 0 saturated heterocycles. The van der Waals surface area contributed by atoms with Crippen LogP contribution in [-0.2, 0) is 9.84 Å². The quantitative estimate of drug-likeness (QED) is 0.793. The van der Waals surface area contributed by atoms with Crippen LogP contribution in [0.3, 0.4) is 0 Å². The van der Waals surface area contributed by atoms with E-state index in [1.54, 1.807) is 12.1 Å². The van der Waals surface area contributed by atoms with Gasteiger partial charge in [-0.15, -0.1) is 0 Å². The summed E-state index contributed by atoms with van der Waals surface area (Å²) in [5.74, 6) is 0.601. The number of anilines is 1. The number of nitrogens with two attached hydrogens (primary N) is 1. The maximum absolute atomic E-state index is 11.8. The zero-order valence-electron chi connectivity index (χ0n) is 8.86. The lowest BCUT2D eigenvalue weighted by Gasteiger charge is -2.08. The predicted octanol–water partition coefficient (Wildman–Crippen LogP) is 1.46. The van der Waals surface area contributed by atoms with Crippen LogP contribution in [0.25, 0.3) is 0 Å². The highest BCUT2D eigenvalue weighted by Crippen LogP contribution is 2.25. The highest BCUT2D eigenvalue weighted by atomic mass is 32.2. The fourth-order valence-corrected chi connectivity index (χ4v) is 2.77. The Labute approximate surface area is 90.0 Å². The molecule has 0 radical (unpaired) electrons. The highest BCUT2D eigenvalue weighted by molar-refractivity contribution is 7.91. The highest BCUT2D eigenvalue weighted by Gasteiger charge is 2.17. The van der Waals surface area contributed by atoms with Crippen LogP contribution in [0, 0.1) is 0 Å². The van der Waals surface area contributed by atoms with Gasteiger partial charge in [0.15, 0.2) is 9.84 Å². The van der Waals surface area contributed by atoms with Gasteiger partial charge in [0, 0.05) is 6.07 Å². The van der Waals surface area contributed by atoms with Crippen LogP contribution in [0.5, 0.6) is 5.75 Å². The standard InChI is InChI=1S/C10H15NO3S/c1-3-6-15(12,13)10-7-8(14-2)4-5-9(10)11/h4-5,7H,3,6,11H2,1-2H3. The van der Waals surface area contributed by atoms with Crippen molar-refractivity contribution in [2.24, 2.45) is 0 Å². The van der Waals surface area contributed by atoms with E-state index in [-0.39, 0.29) is 16.3 Å². The van der Waals surface area contributed by atoms with Crippen LogP contribution in [-0.4, -0.2) is 21.3 Å². The van der Waals surface area contributed by atoms with Crippen LogP contribution < -0.4 is 10.5 Å². The Hall–Kier alpha value is -1.23. The summed E-state index contributed by atoms with van der Waals surface area (Å²) >= 11 is 0. The summed E-state index contributed by atoms with van der Waals surface area (Å²) in [5, 5.41) is 0. The van der Waals surface area contributed by atoms with Crippen molar-refractivity contribution in [3.05, 3.63) is 18.2 Å². The zero-order chi connectivity index (χ0) is 11.5. The van der Waals surface area contributed by atoms with Crippen LogP contribution in [0.1, 0.15) is 13.3 Å². The topological polar surface area (TPSA) is 69.4 Å². The fraction of sp³-hybridized carbons (Fsp3) is 0.400. The molecule has 0 aliphatic heterocycles. The number of benzene rings is 1. The van der Waals surface area contributed by atoms with E-state index in [9.17, 15) is 8.42 Å². The number of sulfone groups is 1. The van der Waals surface area contributed by atoms with Crippen LogP contribution in [0.4, 0.5) is 5.69 Å². The molecular weight excluding hydrogens is 214 g/mol. The summed E-state index contributed by atoms with van der Waals surface area (Å²) in [6, 6.07) is 4.64. The lowest BCUT2D eigenvalue weighted by Crippen LogP contribution is -2.09. The molecule has 1 aromatic carbocycles. The smallest absolute Gasteiger partial charge is 0.180 e. The maximum Gasteiger partial charge on any atom is 0.180 e. The number of nitrogen functional groups attached to an aromatic ring is 1. The number of methoxy groups -OCH3 is 1. The summed E-state index contributed by atoms with van der Waals surface area (Å²) in [6.07, 6.45) is 0.568. The van der Waals surface area contributed by atoms with Gasteiger partial charge in [0.25, 0.3) is 0 Å². The molecule has 2 N–H and O–H groups in total. The number of rotatable bonds is 4. The monoisotopic (exact) mass is 229 g/mol. The molecular formula is C10H15NO3S. The second kappa shape index (κ2) is 4.53. The molecule has 0 fully saturated rings. The number of hydrogen-bond donors (Lipinski definition) is 1. The van der Waals surface area contributed by atoms with Crippen molar-refractivity contribution < 1.29 is 13.2 Å². The van der Waals surface area contributed by atoms with Crippen molar-refractivity contribution in [3.8, 4) is 5.75 Å². The van der Waals surface area contributed by atoms with E-state index in [0.717, 1.165) is 0 Å². The second-order valence-corrected chi connectivity index (χ2v) is 5.30. The van der Waals surface area contributed by atoms with Gasteiger partial charge in [0.05, 0.1) is 23.4 Å². The van der Waals surface area contributed by atoms with Crippen molar-refractivity contribution in [2.75, 3.05) is 18.6 Å². The van der Waals surface area contributed by atoms with Gasteiger partial charge in [-0.05, 0) is 18.6 Å². The number of ether oxygens (including phenoxy) is 1. The van der Waals surface area contributed by atoms with E-state index in [1.165, 1.54) is 13.2 Å². The third-order valence-corrected chi connectivity index (χ3v) is 4.00. The van der Waals surface area contributed by atoms with Gasteiger partial charge in [-0.1, -0.05) is 6.92 Å². The van der Waals surface area contributed by atoms with Crippen LogP contribution >= 0.6 is 0 Å². The molecule has 0 unspecified atom stereocenters. The first-order valence-corrected chi connectivity index (χ1v) is 6.32. The fourth-order valence-electron chi connectivity index (χ4n) is 1.29. The Balaban J connectivity index is 3.24. The summed E-state index contributed by atoms with van der Waals surface area (Å²) in [5.41, 5.74) is 5.89. The van der Waals surface area contributed by atoms with Gasteiger partial charge in [0.2, 0.25) is 0 Å². The molecule has 0 spiro atoms. The van der Waals surface area contributed by atoms with E-state index >= 15 is 0 Å². The minimum atomic E-state index is -3.28. The third-order valence-electron chi connectivity index (χ3n) is 2.03. The van der Waals surface area contributed by atoms with Gasteiger partial charge in [0.1, 0.15) is 5.75 Å². The molecule has 0 heterocycles. The minimum absolute atomic E-state index is 0.102. The van der Waals surface area contributed by atoms with Crippen molar-refractivity contribution in [3.63, 3.8) is 0 Å². The van der Waals surface area contributed by atoms with Gasteiger partial charge in [-0.25, -0.2) is 8.42 Å². The molecule has 0 bridgehead atoms. The molecule has 0 atom stereocenters. The average Bonchev–Trinajstić information content (AvgIpc) is 2.18. The Kier molecular flexibility index (Phi) is 3.57. The Bertz CT molecular complexity index is 440. The van der Waals surface area contributed by atoms with E-state index in [4.69, 9.17) is 10.5 Å². The van der Waals surface area contributed by atoms with Gasteiger partial charge in [-0.2, -0.15) is 0 Å². The van der Waals surface area contributed by atoms with E-state index in [0.29, 0.717) is 12.2 Å². The van der Waals surface area contributed by atoms with Crippen molar-refractivity contribution in [1.29, 1.82) is 0 Å². The summed E-state index contributed by atoms with van der Waals surface area (Å²) in [7, 11) is -1.79. The Morgan fingerprint density at radius 3 is 2.60 bits per heavy atom. The van der Waals surface area contributed by atoms with E-state index in [1.807, 2.05) is 6.92 Å². The van der Waals surface area contributed by atoms with Crippen molar-refractivity contribution in [2.45, 2.75) is 18.2 Å². The van der Waals surface area contributed by atoms with Gasteiger partial charge < -0.3 is 10.5 Å². The molecule has 15 heavy (non-hydrogen) atoms. The average molecular weight is 229 g/mol. The lowest BCUT2D eigenvalue weighted by atomic mass is 10.3. The van der Waals surface area contributed by atoms with Crippen molar-refractivity contribution in [1.82, 2.24) is 0 Å². The SMILES string of the molecule is CCCS(=O)(=O)c1cc(OC)ccc1N. The molecule has 0 aliphatic rings. The predicted molar refractivity (Wildman–Crippen MR) is 59.8 cm³/mol. The molecule has 5 heteroatoms.